The predicted molar refractivity (Wildman–Crippen MR) is 112 cm³/mol. The first-order valence-electron chi connectivity index (χ1n) is 9.66. The Labute approximate surface area is 165 Å². The second-order valence-corrected chi connectivity index (χ2v) is 6.70. The summed E-state index contributed by atoms with van der Waals surface area (Å²) in [5.41, 5.74) is 2.12. The van der Waals surface area contributed by atoms with E-state index < -0.39 is 0 Å². The van der Waals surface area contributed by atoms with Crippen LogP contribution in [0.3, 0.4) is 0 Å². The Balaban J connectivity index is 1.50. The first-order valence-corrected chi connectivity index (χ1v) is 9.66. The maximum Gasteiger partial charge on any atom is 0.153 e. The molecule has 0 spiro atoms. The second-order valence-electron chi connectivity index (χ2n) is 6.70. The smallest absolute Gasteiger partial charge is 0.153 e. The SMILES string of the molecule is CC(Oc1ccccc1)c1nc2ccccc2n1CCCOc1ccccc1. The summed E-state index contributed by atoms with van der Waals surface area (Å²) in [4.78, 5) is 4.84. The molecule has 1 unspecified atom stereocenters. The van der Waals surface area contributed by atoms with Crippen molar-refractivity contribution in [1.82, 2.24) is 9.55 Å². The van der Waals surface area contributed by atoms with Crippen molar-refractivity contribution in [2.24, 2.45) is 0 Å². The third-order valence-electron chi connectivity index (χ3n) is 4.64. The van der Waals surface area contributed by atoms with Crippen molar-refractivity contribution in [3.8, 4) is 11.5 Å². The van der Waals surface area contributed by atoms with Crippen molar-refractivity contribution in [1.29, 1.82) is 0 Å². The van der Waals surface area contributed by atoms with Gasteiger partial charge in [-0.2, -0.15) is 0 Å². The number of benzene rings is 3. The Morgan fingerprint density at radius 1 is 0.821 bits per heavy atom. The van der Waals surface area contributed by atoms with E-state index in [1.807, 2.05) is 85.8 Å². The highest BCUT2D eigenvalue weighted by molar-refractivity contribution is 5.76. The Hall–Kier alpha value is -3.27. The third kappa shape index (κ3) is 4.17. The molecule has 28 heavy (non-hydrogen) atoms. The van der Waals surface area contributed by atoms with E-state index in [9.17, 15) is 0 Å². The largest absolute Gasteiger partial charge is 0.494 e. The Morgan fingerprint density at radius 2 is 1.46 bits per heavy atom. The molecule has 0 bridgehead atoms. The van der Waals surface area contributed by atoms with Crippen LogP contribution in [0.4, 0.5) is 0 Å². The van der Waals surface area contributed by atoms with Crippen LogP contribution in [-0.2, 0) is 6.54 Å². The van der Waals surface area contributed by atoms with E-state index in [2.05, 4.69) is 10.6 Å². The molecule has 4 nitrogen and oxygen atoms in total. The van der Waals surface area contributed by atoms with Crippen LogP contribution >= 0.6 is 0 Å². The highest BCUT2D eigenvalue weighted by Crippen LogP contribution is 2.25. The number of fused-ring (bicyclic) bond motifs is 1. The molecule has 3 aromatic carbocycles. The molecule has 0 N–H and O–H groups in total. The number of hydrogen-bond acceptors (Lipinski definition) is 3. The minimum Gasteiger partial charge on any atom is -0.494 e. The van der Waals surface area contributed by atoms with Gasteiger partial charge in [-0.1, -0.05) is 48.5 Å². The monoisotopic (exact) mass is 372 g/mol. The first kappa shape index (κ1) is 18.1. The maximum absolute atomic E-state index is 6.13. The van der Waals surface area contributed by atoms with Crippen LogP contribution < -0.4 is 9.47 Å². The molecule has 0 amide bonds. The zero-order chi connectivity index (χ0) is 19.2. The summed E-state index contributed by atoms with van der Waals surface area (Å²) in [7, 11) is 0. The van der Waals surface area contributed by atoms with Gasteiger partial charge in [0.1, 0.15) is 11.5 Å². The summed E-state index contributed by atoms with van der Waals surface area (Å²) in [5, 5.41) is 0. The number of nitrogens with zero attached hydrogens (tertiary/aromatic N) is 2. The average molecular weight is 372 g/mol. The number of rotatable bonds is 8. The molecular weight excluding hydrogens is 348 g/mol. The van der Waals surface area contributed by atoms with Gasteiger partial charge in [-0.15, -0.1) is 0 Å². The minimum atomic E-state index is -0.148. The number of ether oxygens (including phenoxy) is 2. The van der Waals surface area contributed by atoms with Gasteiger partial charge in [0.05, 0.1) is 17.6 Å². The molecule has 0 fully saturated rings. The Morgan fingerprint density at radius 3 is 2.21 bits per heavy atom. The van der Waals surface area contributed by atoms with Crippen LogP contribution in [0.25, 0.3) is 11.0 Å². The lowest BCUT2D eigenvalue weighted by Gasteiger charge is -2.17. The van der Waals surface area contributed by atoms with Crippen LogP contribution in [0.5, 0.6) is 11.5 Å². The van der Waals surface area contributed by atoms with Crippen molar-refractivity contribution < 1.29 is 9.47 Å². The molecular formula is C24H24N2O2. The van der Waals surface area contributed by atoms with E-state index in [0.29, 0.717) is 6.61 Å². The lowest BCUT2D eigenvalue weighted by atomic mass is 10.3. The second kappa shape index (κ2) is 8.61. The van der Waals surface area contributed by atoms with Crippen LogP contribution in [0, 0.1) is 0 Å². The average Bonchev–Trinajstić information content (AvgIpc) is 3.11. The molecule has 0 aliphatic rings. The zero-order valence-corrected chi connectivity index (χ0v) is 16.0. The summed E-state index contributed by atoms with van der Waals surface area (Å²) in [6.07, 6.45) is 0.741. The molecule has 1 aromatic heterocycles. The van der Waals surface area contributed by atoms with Crippen molar-refractivity contribution >= 4 is 11.0 Å². The van der Waals surface area contributed by atoms with E-state index in [1.54, 1.807) is 0 Å². The lowest BCUT2D eigenvalue weighted by molar-refractivity contribution is 0.210. The summed E-state index contributed by atoms with van der Waals surface area (Å²) in [6, 6.07) is 28.0. The fourth-order valence-electron chi connectivity index (χ4n) is 3.32. The van der Waals surface area contributed by atoms with Gasteiger partial charge in [-0.25, -0.2) is 4.98 Å². The minimum absolute atomic E-state index is 0.148. The van der Waals surface area contributed by atoms with E-state index in [4.69, 9.17) is 14.5 Å². The van der Waals surface area contributed by atoms with Crippen molar-refractivity contribution in [3.05, 3.63) is 90.8 Å². The van der Waals surface area contributed by atoms with Gasteiger partial charge in [0, 0.05) is 6.54 Å². The fourth-order valence-corrected chi connectivity index (χ4v) is 3.32. The van der Waals surface area contributed by atoms with Gasteiger partial charge in [-0.3, -0.25) is 0 Å². The molecule has 4 rings (SSSR count). The lowest BCUT2D eigenvalue weighted by Crippen LogP contribution is -2.13. The third-order valence-corrected chi connectivity index (χ3v) is 4.64. The Kier molecular flexibility index (Phi) is 5.57. The van der Waals surface area contributed by atoms with E-state index in [1.165, 1.54) is 0 Å². The molecule has 0 saturated carbocycles. The Bertz CT molecular complexity index is 1010. The van der Waals surface area contributed by atoms with Crippen molar-refractivity contribution in [3.63, 3.8) is 0 Å². The van der Waals surface area contributed by atoms with Gasteiger partial charge in [0.2, 0.25) is 0 Å². The van der Waals surface area contributed by atoms with Crippen LogP contribution in [0.2, 0.25) is 0 Å². The summed E-state index contributed by atoms with van der Waals surface area (Å²) in [5.74, 6) is 2.68. The molecule has 0 aliphatic carbocycles. The number of aromatic nitrogens is 2. The van der Waals surface area contributed by atoms with Gasteiger partial charge in [0.25, 0.3) is 0 Å². The summed E-state index contributed by atoms with van der Waals surface area (Å²) < 4.78 is 14.2. The quantitative estimate of drug-likeness (QED) is 0.375. The number of hydrogen-bond donors (Lipinski definition) is 0. The van der Waals surface area contributed by atoms with Crippen LogP contribution in [0.15, 0.2) is 84.9 Å². The van der Waals surface area contributed by atoms with E-state index in [0.717, 1.165) is 41.3 Å². The van der Waals surface area contributed by atoms with Gasteiger partial charge in [0.15, 0.2) is 11.9 Å². The molecule has 0 saturated heterocycles. The van der Waals surface area contributed by atoms with Gasteiger partial charge in [-0.05, 0) is 49.7 Å². The molecule has 4 heteroatoms. The zero-order valence-electron chi connectivity index (χ0n) is 16.0. The standard InChI is InChI=1S/C24H24N2O2/c1-19(28-21-13-6-3-7-14-21)24-25-22-15-8-9-16-23(22)26(24)17-10-18-27-20-11-4-2-5-12-20/h2-9,11-16,19H,10,17-18H2,1H3. The highest BCUT2D eigenvalue weighted by Gasteiger charge is 2.17. The summed E-state index contributed by atoms with van der Waals surface area (Å²) >= 11 is 0. The molecule has 0 aliphatic heterocycles. The van der Waals surface area contributed by atoms with Gasteiger partial charge < -0.3 is 14.0 Å². The van der Waals surface area contributed by atoms with E-state index >= 15 is 0 Å². The van der Waals surface area contributed by atoms with Crippen molar-refractivity contribution in [2.45, 2.75) is 26.0 Å². The predicted octanol–water partition coefficient (Wildman–Crippen LogP) is 5.65. The number of imidazole rings is 1. The molecule has 142 valence electrons. The molecule has 1 atom stereocenters. The van der Waals surface area contributed by atoms with Gasteiger partial charge >= 0.3 is 0 Å². The maximum atomic E-state index is 6.13. The number of aryl methyl sites for hydroxylation is 1. The first-order chi connectivity index (χ1) is 13.8. The molecule has 1 heterocycles. The number of para-hydroxylation sites is 4. The van der Waals surface area contributed by atoms with Crippen molar-refractivity contribution in [2.75, 3.05) is 6.61 Å². The van der Waals surface area contributed by atoms with Crippen LogP contribution in [-0.4, -0.2) is 16.2 Å². The molecule has 0 radical (unpaired) electrons. The normalized spacial score (nSPS) is 12.0. The highest BCUT2D eigenvalue weighted by atomic mass is 16.5. The molecule has 4 aromatic rings. The fraction of sp³-hybridized carbons (Fsp3) is 0.208. The topological polar surface area (TPSA) is 36.3 Å². The summed E-state index contributed by atoms with van der Waals surface area (Å²) in [6.45, 7) is 3.53. The van der Waals surface area contributed by atoms with E-state index in [-0.39, 0.29) is 6.10 Å². The van der Waals surface area contributed by atoms with Crippen LogP contribution in [0.1, 0.15) is 25.3 Å².